The third-order valence-electron chi connectivity index (χ3n) is 2.70. The predicted molar refractivity (Wildman–Crippen MR) is 74.8 cm³/mol. The number of carbonyl (C=O) groups is 2. The van der Waals surface area contributed by atoms with E-state index in [1.54, 1.807) is 18.2 Å². The molecule has 1 aromatic rings. The number of methoxy groups -OCH3 is 1. The van der Waals surface area contributed by atoms with Gasteiger partial charge in [0.1, 0.15) is 5.75 Å². The van der Waals surface area contributed by atoms with Crippen LogP contribution in [0.2, 0.25) is 0 Å². The second-order valence-corrected chi connectivity index (χ2v) is 4.24. The first-order valence-electron chi connectivity index (χ1n) is 6.22. The van der Waals surface area contributed by atoms with Crippen LogP contribution in [0.3, 0.4) is 0 Å². The van der Waals surface area contributed by atoms with Gasteiger partial charge in [-0.25, -0.2) is 0 Å². The maximum Gasteiger partial charge on any atom is 0.221 e. The molecule has 0 radical (unpaired) electrons. The Bertz CT molecular complexity index is 472. The molecule has 0 aliphatic rings. The quantitative estimate of drug-likeness (QED) is 0.769. The summed E-state index contributed by atoms with van der Waals surface area (Å²) in [5.74, 6) is 0.307. The van der Waals surface area contributed by atoms with Gasteiger partial charge >= 0.3 is 0 Å². The number of benzene rings is 1. The number of hydrogen-bond donors (Lipinski definition) is 2. The average molecular weight is 264 g/mol. The minimum atomic E-state index is -0.261. The Kier molecular flexibility index (Phi) is 5.51. The summed E-state index contributed by atoms with van der Waals surface area (Å²) in [6.07, 6.45) is 0. The van der Waals surface area contributed by atoms with Gasteiger partial charge in [-0.05, 0) is 31.7 Å². The van der Waals surface area contributed by atoms with Crippen LogP contribution in [0.25, 0.3) is 0 Å². The summed E-state index contributed by atoms with van der Waals surface area (Å²) in [6.45, 7) is 5.89. The Hall–Kier alpha value is -1.88. The van der Waals surface area contributed by atoms with Crippen LogP contribution in [0.15, 0.2) is 18.2 Å². The van der Waals surface area contributed by atoms with E-state index in [-0.39, 0.29) is 17.7 Å². The molecule has 1 unspecified atom stereocenters. The highest BCUT2D eigenvalue weighted by Crippen LogP contribution is 2.26. The van der Waals surface area contributed by atoms with Crippen LogP contribution in [-0.2, 0) is 4.79 Å². The molecule has 0 saturated carbocycles. The van der Waals surface area contributed by atoms with Gasteiger partial charge in [0.2, 0.25) is 5.91 Å². The van der Waals surface area contributed by atoms with Gasteiger partial charge in [-0.2, -0.15) is 0 Å². The second-order valence-electron chi connectivity index (χ2n) is 4.24. The van der Waals surface area contributed by atoms with Crippen molar-refractivity contribution in [2.24, 2.45) is 0 Å². The third kappa shape index (κ3) is 4.06. The zero-order valence-corrected chi connectivity index (χ0v) is 11.7. The summed E-state index contributed by atoms with van der Waals surface area (Å²) in [5.41, 5.74) is 1.04. The fourth-order valence-corrected chi connectivity index (χ4v) is 1.80. The number of ether oxygens (including phenoxy) is 1. The molecule has 1 amide bonds. The smallest absolute Gasteiger partial charge is 0.221 e. The normalized spacial score (nSPS) is 11.8. The van der Waals surface area contributed by atoms with E-state index in [1.807, 2.05) is 13.8 Å². The minimum Gasteiger partial charge on any atom is -0.495 e. The number of rotatable bonds is 6. The molecule has 0 spiro atoms. The molecule has 1 rings (SSSR count). The van der Waals surface area contributed by atoms with Gasteiger partial charge in [-0.15, -0.1) is 0 Å². The lowest BCUT2D eigenvalue weighted by atomic mass is 10.0. The molecule has 0 fully saturated rings. The van der Waals surface area contributed by atoms with Crippen molar-refractivity contribution in [3.8, 4) is 5.75 Å². The molecule has 1 atom stereocenters. The summed E-state index contributed by atoms with van der Waals surface area (Å²) >= 11 is 0. The molecule has 0 aliphatic heterocycles. The van der Waals surface area contributed by atoms with E-state index in [4.69, 9.17) is 4.74 Å². The number of ketones is 1. The van der Waals surface area contributed by atoms with Crippen LogP contribution in [0.4, 0.5) is 5.69 Å². The predicted octanol–water partition coefficient (Wildman–Crippen LogP) is 1.83. The molecule has 0 aliphatic carbocycles. The van der Waals surface area contributed by atoms with Gasteiger partial charge in [-0.1, -0.05) is 6.92 Å². The van der Waals surface area contributed by atoms with E-state index < -0.39 is 0 Å². The van der Waals surface area contributed by atoms with Gasteiger partial charge in [0.25, 0.3) is 0 Å². The zero-order chi connectivity index (χ0) is 14.4. The molecule has 2 N–H and O–H groups in total. The summed E-state index contributed by atoms with van der Waals surface area (Å²) in [5, 5.41) is 5.72. The number of anilines is 1. The van der Waals surface area contributed by atoms with Crippen molar-refractivity contribution in [2.75, 3.05) is 19.0 Å². The highest BCUT2D eigenvalue weighted by molar-refractivity contribution is 6.02. The van der Waals surface area contributed by atoms with E-state index >= 15 is 0 Å². The summed E-state index contributed by atoms with van der Waals surface area (Å²) in [6, 6.07) is 4.75. The standard InChI is InChI=1S/C14H20N2O3/c1-5-15-9(2)14(18)11-6-7-13(19-4)12(8-11)16-10(3)17/h6-9,15H,5H2,1-4H3,(H,16,17). The molecule has 0 bridgehead atoms. The SMILES string of the molecule is CCNC(C)C(=O)c1ccc(OC)c(NC(C)=O)c1. The summed E-state index contributed by atoms with van der Waals surface area (Å²) in [7, 11) is 1.52. The summed E-state index contributed by atoms with van der Waals surface area (Å²) in [4.78, 5) is 23.3. The molecule has 5 nitrogen and oxygen atoms in total. The van der Waals surface area contributed by atoms with Gasteiger partial charge in [0.05, 0.1) is 18.8 Å². The Morgan fingerprint density at radius 2 is 2.05 bits per heavy atom. The number of likely N-dealkylation sites (N-methyl/N-ethyl adjacent to an activating group) is 1. The van der Waals surface area contributed by atoms with Crippen molar-refractivity contribution >= 4 is 17.4 Å². The maximum absolute atomic E-state index is 12.2. The third-order valence-corrected chi connectivity index (χ3v) is 2.70. The monoisotopic (exact) mass is 264 g/mol. The summed E-state index contributed by atoms with van der Waals surface area (Å²) < 4.78 is 5.15. The van der Waals surface area contributed by atoms with E-state index in [0.717, 1.165) is 6.54 Å². The Labute approximate surface area is 113 Å². The number of carbonyl (C=O) groups excluding carboxylic acids is 2. The van der Waals surface area contributed by atoms with Crippen molar-refractivity contribution in [3.63, 3.8) is 0 Å². The first kappa shape index (κ1) is 15.2. The van der Waals surface area contributed by atoms with Crippen molar-refractivity contribution in [1.29, 1.82) is 0 Å². The average Bonchev–Trinajstić information content (AvgIpc) is 2.37. The van der Waals surface area contributed by atoms with Crippen molar-refractivity contribution < 1.29 is 14.3 Å². The molecule has 5 heteroatoms. The lowest BCUT2D eigenvalue weighted by molar-refractivity contribution is -0.114. The second kappa shape index (κ2) is 6.89. The molecular weight excluding hydrogens is 244 g/mol. The van der Waals surface area contributed by atoms with Crippen molar-refractivity contribution in [1.82, 2.24) is 5.32 Å². The topological polar surface area (TPSA) is 67.4 Å². The molecule has 0 saturated heterocycles. The van der Waals surface area contributed by atoms with E-state index in [0.29, 0.717) is 17.0 Å². The zero-order valence-electron chi connectivity index (χ0n) is 11.7. The molecule has 0 heterocycles. The van der Waals surface area contributed by atoms with Crippen LogP contribution in [0.5, 0.6) is 5.75 Å². The number of nitrogens with one attached hydrogen (secondary N) is 2. The lowest BCUT2D eigenvalue weighted by Gasteiger charge is -2.14. The van der Waals surface area contributed by atoms with Crippen LogP contribution < -0.4 is 15.4 Å². The van der Waals surface area contributed by atoms with Gasteiger partial charge in [0, 0.05) is 12.5 Å². The highest BCUT2D eigenvalue weighted by Gasteiger charge is 2.16. The van der Waals surface area contributed by atoms with Crippen LogP contribution in [0.1, 0.15) is 31.1 Å². The molecular formula is C14H20N2O3. The first-order valence-corrected chi connectivity index (χ1v) is 6.22. The lowest BCUT2D eigenvalue weighted by Crippen LogP contribution is -2.33. The van der Waals surface area contributed by atoms with Crippen LogP contribution in [-0.4, -0.2) is 31.4 Å². The molecule has 0 aromatic heterocycles. The Balaban J connectivity index is 3.03. The van der Waals surface area contributed by atoms with Crippen LogP contribution in [0, 0.1) is 0 Å². The highest BCUT2D eigenvalue weighted by atomic mass is 16.5. The first-order chi connectivity index (χ1) is 8.99. The van der Waals surface area contributed by atoms with E-state index in [1.165, 1.54) is 14.0 Å². The maximum atomic E-state index is 12.2. The Morgan fingerprint density at radius 3 is 2.58 bits per heavy atom. The number of amides is 1. The van der Waals surface area contributed by atoms with Gasteiger partial charge < -0.3 is 15.4 Å². The minimum absolute atomic E-state index is 0.0175. The number of Topliss-reactive ketones (excluding diaryl/α,β-unsaturated/α-hetero) is 1. The Morgan fingerprint density at radius 1 is 1.37 bits per heavy atom. The van der Waals surface area contributed by atoms with E-state index in [9.17, 15) is 9.59 Å². The number of hydrogen-bond acceptors (Lipinski definition) is 4. The van der Waals surface area contributed by atoms with Crippen molar-refractivity contribution in [3.05, 3.63) is 23.8 Å². The fourth-order valence-electron chi connectivity index (χ4n) is 1.80. The van der Waals surface area contributed by atoms with Gasteiger partial charge in [0.15, 0.2) is 5.78 Å². The fraction of sp³-hybridized carbons (Fsp3) is 0.429. The van der Waals surface area contributed by atoms with Crippen LogP contribution >= 0.6 is 0 Å². The molecule has 19 heavy (non-hydrogen) atoms. The van der Waals surface area contributed by atoms with Gasteiger partial charge in [-0.3, -0.25) is 9.59 Å². The molecule has 1 aromatic carbocycles. The van der Waals surface area contributed by atoms with Crippen molar-refractivity contribution in [2.45, 2.75) is 26.8 Å². The largest absolute Gasteiger partial charge is 0.495 e. The van der Waals surface area contributed by atoms with E-state index in [2.05, 4.69) is 10.6 Å². The molecule has 104 valence electrons.